The predicted octanol–water partition coefficient (Wildman–Crippen LogP) is 3.73. The van der Waals surface area contributed by atoms with Crippen LogP contribution in [0.3, 0.4) is 0 Å². The van der Waals surface area contributed by atoms with Crippen LogP contribution in [0.4, 0.5) is 0 Å². The Bertz CT molecular complexity index is 365. The van der Waals surface area contributed by atoms with Crippen LogP contribution < -0.4 is 10.1 Å². The Morgan fingerprint density at radius 1 is 1.22 bits per heavy atom. The lowest BCUT2D eigenvalue weighted by Gasteiger charge is -2.12. The van der Waals surface area contributed by atoms with Gasteiger partial charge in [0.05, 0.1) is 6.61 Å². The molecule has 0 saturated heterocycles. The summed E-state index contributed by atoms with van der Waals surface area (Å²) in [5.41, 5.74) is 2.67. The molecule has 0 aliphatic rings. The van der Waals surface area contributed by atoms with E-state index in [0.29, 0.717) is 12.5 Å². The quantitative estimate of drug-likeness (QED) is 0.792. The summed E-state index contributed by atoms with van der Waals surface area (Å²) < 4.78 is 5.45. The standard InChI is InChI=1S/C16H25NO/c1-5-17-12-15(13(3)4)11-14-7-9-16(10-8-14)18-6-2/h7-11,13,17H,5-6,12H2,1-4H3. The number of nitrogens with one attached hydrogen (secondary N) is 1. The van der Waals surface area contributed by atoms with Crippen LogP contribution in [0.15, 0.2) is 29.8 Å². The molecule has 2 heteroatoms. The highest BCUT2D eigenvalue weighted by atomic mass is 16.5. The molecule has 0 aliphatic heterocycles. The van der Waals surface area contributed by atoms with Crippen LogP contribution in [-0.4, -0.2) is 19.7 Å². The summed E-state index contributed by atoms with van der Waals surface area (Å²) >= 11 is 0. The van der Waals surface area contributed by atoms with Gasteiger partial charge in [-0.15, -0.1) is 0 Å². The second kappa shape index (κ2) is 7.93. The first-order chi connectivity index (χ1) is 8.67. The van der Waals surface area contributed by atoms with Gasteiger partial charge in [-0.3, -0.25) is 0 Å². The van der Waals surface area contributed by atoms with Gasteiger partial charge in [0.1, 0.15) is 5.75 Å². The summed E-state index contributed by atoms with van der Waals surface area (Å²) in [6.45, 7) is 11.3. The Balaban J connectivity index is 2.77. The number of ether oxygens (including phenoxy) is 1. The van der Waals surface area contributed by atoms with Crippen molar-refractivity contribution in [1.82, 2.24) is 5.32 Å². The van der Waals surface area contributed by atoms with Gasteiger partial charge in [-0.05, 0) is 37.1 Å². The fraction of sp³-hybridized carbons (Fsp3) is 0.500. The molecule has 0 fully saturated rings. The first kappa shape index (κ1) is 14.8. The van der Waals surface area contributed by atoms with Crippen LogP contribution in [0.1, 0.15) is 33.3 Å². The molecular formula is C16H25NO. The van der Waals surface area contributed by atoms with Crippen LogP contribution >= 0.6 is 0 Å². The zero-order chi connectivity index (χ0) is 13.4. The minimum absolute atomic E-state index is 0.565. The van der Waals surface area contributed by atoms with Crippen LogP contribution in [0.25, 0.3) is 6.08 Å². The van der Waals surface area contributed by atoms with E-state index in [1.165, 1.54) is 11.1 Å². The van der Waals surface area contributed by atoms with E-state index in [2.05, 4.69) is 44.3 Å². The van der Waals surface area contributed by atoms with E-state index in [-0.39, 0.29) is 0 Å². The zero-order valence-corrected chi connectivity index (χ0v) is 12.0. The summed E-state index contributed by atoms with van der Waals surface area (Å²) in [5, 5.41) is 3.39. The highest BCUT2D eigenvalue weighted by molar-refractivity contribution is 5.54. The van der Waals surface area contributed by atoms with E-state index in [9.17, 15) is 0 Å². The molecule has 0 heterocycles. The molecule has 0 radical (unpaired) electrons. The number of rotatable bonds is 7. The average molecular weight is 247 g/mol. The molecule has 1 rings (SSSR count). The molecule has 0 aliphatic carbocycles. The van der Waals surface area contributed by atoms with Gasteiger partial charge < -0.3 is 10.1 Å². The third kappa shape index (κ3) is 4.92. The van der Waals surface area contributed by atoms with Crippen molar-refractivity contribution >= 4 is 6.08 Å². The molecule has 0 spiro atoms. The third-order valence-electron chi connectivity index (χ3n) is 2.86. The summed E-state index contributed by atoms with van der Waals surface area (Å²) in [6.07, 6.45) is 2.27. The fourth-order valence-corrected chi connectivity index (χ4v) is 1.73. The van der Waals surface area contributed by atoms with Crippen LogP contribution in [-0.2, 0) is 0 Å². The van der Waals surface area contributed by atoms with Crippen molar-refractivity contribution in [2.75, 3.05) is 19.7 Å². The molecule has 0 saturated carbocycles. The van der Waals surface area contributed by atoms with Gasteiger partial charge in [0.25, 0.3) is 0 Å². The van der Waals surface area contributed by atoms with Crippen LogP contribution in [0.5, 0.6) is 5.75 Å². The van der Waals surface area contributed by atoms with Gasteiger partial charge in [-0.25, -0.2) is 0 Å². The number of hydrogen-bond acceptors (Lipinski definition) is 2. The van der Waals surface area contributed by atoms with Gasteiger partial charge in [0, 0.05) is 6.54 Å². The SMILES string of the molecule is CCNCC(=Cc1ccc(OCC)cc1)C(C)C. The third-order valence-corrected chi connectivity index (χ3v) is 2.86. The molecule has 0 aromatic heterocycles. The molecule has 0 atom stereocenters. The van der Waals surface area contributed by atoms with E-state index < -0.39 is 0 Å². The van der Waals surface area contributed by atoms with Gasteiger partial charge in [-0.2, -0.15) is 0 Å². The first-order valence-electron chi connectivity index (χ1n) is 6.81. The minimum Gasteiger partial charge on any atom is -0.494 e. The Kier molecular flexibility index (Phi) is 6.51. The van der Waals surface area contributed by atoms with E-state index >= 15 is 0 Å². The van der Waals surface area contributed by atoms with Crippen molar-refractivity contribution in [1.29, 1.82) is 0 Å². The maximum absolute atomic E-state index is 5.45. The van der Waals surface area contributed by atoms with Crippen molar-refractivity contribution in [3.8, 4) is 5.75 Å². The molecule has 1 aromatic carbocycles. The summed E-state index contributed by atoms with van der Waals surface area (Å²) in [7, 11) is 0. The van der Waals surface area contributed by atoms with Gasteiger partial charge in [-0.1, -0.05) is 44.6 Å². The first-order valence-corrected chi connectivity index (χ1v) is 6.81. The maximum atomic E-state index is 5.45. The fourth-order valence-electron chi connectivity index (χ4n) is 1.73. The normalized spacial score (nSPS) is 11.9. The maximum Gasteiger partial charge on any atom is 0.119 e. The molecule has 2 nitrogen and oxygen atoms in total. The van der Waals surface area contributed by atoms with Crippen LogP contribution in [0, 0.1) is 5.92 Å². The van der Waals surface area contributed by atoms with Gasteiger partial charge in [0.15, 0.2) is 0 Å². The lowest BCUT2D eigenvalue weighted by Crippen LogP contribution is -2.18. The summed E-state index contributed by atoms with van der Waals surface area (Å²) in [4.78, 5) is 0. The lowest BCUT2D eigenvalue weighted by molar-refractivity contribution is 0.340. The molecule has 0 bridgehead atoms. The molecule has 1 aromatic rings. The lowest BCUT2D eigenvalue weighted by atomic mass is 10.00. The highest BCUT2D eigenvalue weighted by Gasteiger charge is 2.03. The molecule has 100 valence electrons. The molecule has 18 heavy (non-hydrogen) atoms. The Labute approximate surface area is 111 Å². The van der Waals surface area contributed by atoms with Crippen molar-refractivity contribution in [3.63, 3.8) is 0 Å². The smallest absolute Gasteiger partial charge is 0.119 e. The predicted molar refractivity (Wildman–Crippen MR) is 79.0 cm³/mol. The van der Waals surface area contributed by atoms with Gasteiger partial charge in [0.2, 0.25) is 0 Å². The second-order valence-corrected chi connectivity index (χ2v) is 4.66. The Morgan fingerprint density at radius 3 is 2.39 bits per heavy atom. The minimum atomic E-state index is 0.565. The number of likely N-dealkylation sites (N-methyl/N-ethyl adjacent to an activating group) is 1. The number of benzene rings is 1. The van der Waals surface area contributed by atoms with Crippen molar-refractivity contribution in [2.45, 2.75) is 27.7 Å². The molecule has 0 unspecified atom stereocenters. The monoisotopic (exact) mass is 247 g/mol. The van der Waals surface area contributed by atoms with Crippen LogP contribution in [0.2, 0.25) is 0 Å². The zero-order valence-electron chi connectivity index (χ0n) is 12.0. The topological polar surface area (TPSA) is 21.3 Å². The Morgan fingerprint density at radius 2 is 1.89 bits per heavy atom. The molecule has 0 amide bonds. The van der Waals surface area contributed by atoms with E-state index in [1.54, 1.807) is 0 Å². The van der Waals surface area contributed by atoms with Crippen molar-refractivity contribution in [2.24, 2.45) is 5.92 Å². The van der Waals surface area contributed by atoms with E-state index in [4.69, 9.17) is 4.74 Å². The largest absolute Gasteiger partial charge is 0.494 e. The molecule has 1 N–H and O–H groups in total. The van der Waals surface area contributed by atoms with Gasteiger partial charge >= 0.3 is 0 Å². The average Bonchev–Trinajstić information content (AvgIpc) is 2.36. The Hall–Kier alpha value is -1.28. The molecular weight excluding hydrogens is 222 g/mol. The summed E-state index contributed by atoms with van der Waals surface area (Å²) in [6, 6.07) is 8.28. The van der Waals surface area contributed by atoms with E-state index in [1.807, 2.05) is 19.1 Å². The van der Waals surface area contributed by atoms with E-state index in [0.717, 1.165) is 18.8 Å². The second-order valence-electron chi connectivity index (χ2n) is 4.66. The number of hydrogen-bond donors (Lipinski definition) is 1. The summed E-state index contributed by atoms with van der Waals surface area (Å²) in [5.74, 6) is 1.50. The van der Waals surface area contributed by atoms with Crippen molar-refractivity contribution in [3.05, 3.63) is 35.4 Å². The highest BCUT2D eigenvalue weighted by Crippen LogP contribution is 2.17. The van der Waals surface area contributed by atoms with Crippen molar-refractivity contribution < 1.29 is 4.74 Å².